The molecule has 63 heavy (non-hydrogen) atoms. The Labute approximate surface area is 361 Å². The lowest BCUT2D eigenvalue weighted by Crippen LogP contribution is -2.58. The largest absolute Gasteiger partial charge is 0.506 e. The summed E-state index contributed by atoms with van der Waals surface area (Å²) in [5.74, 6) is -5.89. The molecule has 2 aliphatic rings. The number of carbonyl (C=O) groups is 3. The number of nitrogens with zero attached hydrogens (tertiary/aromatic N) is 3. The number of carboxylic acid groups (broad SMARTS) is 2. The molecule has 23 heteroatoms. The first kappa shape index (κ1) is 48.6. The number of fused-ring (bicyclic) bond motifs is 1. The number of H-pyrrole nitrogens is 1. The fraction of sp³-hybridized carbons (Fsp3) is 0.375. The number of morpholine rings is 1. The maximum atomic E-state index is 14.7. The van der Waals surface area contributed by atoms with Crippen molar-refractivity contribution in [3.05, 3.63) is 104 Å². The fourth-order valence-electron chi connectivity index (χ4n) is 6.78. The van der Waals surface area contributed by atoms with E-state index in [1.807, 2.05) is 46.7 Å². The summed E-state index contributed by atoms with van der Waals surface area (Å²) in [6.45, 7) is 4.52. The fourth-order valence-corrected chi connectivity index (χ4v) is 8.50. The smallest absolute Gasteiger partial charge is 0.490 e. The number of rotatable bonds is 10. The molecule has 0 bridgehead atoms. The van der Waals surface area contributed by atoms with Crippen LogP contribution in [0.25, 0.3) is 20.8 Å². The number of carbonyl (C=O) groups excluding carboxylic acids is 1. The number of aliphatic hydroxyl groups is 1. The molecule has 5 aromatic rings. The van der Waals surface area contributed by atoms with Crippen molar-refractivity contribution in [1.29, 1.82) is 0 Å². The molecule has 1 amide bonds. The van der Waals surface area contributed by atoms with Gasteiger partial charge in [-0.2, -0.15) is 26.3 Å². The second-order valence-electron chi connectivity index (χ2n) is 14.4. The molecule has 1 spiro atoms. The van der Waals surface area contributed by atoms with Crippen LogP contribution < -0.4 is 10.2 Å². The Kier molecular flexibility index (Phi) is 16.0. The van der Waals surface area contributed by atoms with E-state index in [-0.39, 0.29) is 28.9 Å². The quantitative estimate of drug-likeness (QED) is 0.0685. The van der Waals surface area contributed by atoms with Crippen LogP contribution in [0.2, 0.25) is 0 Å². The van der Waals surface area contributed by atoms with Crippen LogP contribution in [0.15, 0.2) is 70.8 Å². The molecule has 14 nitrogen and oxygen atoms in total. The van der Waals surface area contributed by atoms with Crippen molar-refractivity contribution in [3.63, 3.8) is 0 Å². The molecule has 0 saturated carbocycles. The number of phenols is 1. The second-order valence-corrected chi connectivity index (χ2v) is 16.2. The molecule has 7 rings (SSSR count). The first-order valence-electron chi connectivity index (χ1n) is 18.9. The summed E-state index contributed by atoms with van der Waals surface area (Å²) in [6.07, 6.45) is -8.90. The van der Waals surface area contributed by atoms with E-state index in [1.54, 1.807) is 18.2 Å². The van der Waals surface area contributed by atoms with E-state index >= 15 is 0 Å². The number of thiazole rings is 2. The minimum Gasteiger partial charge on any atom is -0.506 e. The molecule has 2 aromatic heterocycles. The van der Waals surface area contributed by atoms with Gasteiger partial charge in [0.2, 0.25) is 0 Å². The van der Waals surface area contributed by atoms with Crippen molar-refractivity contribution in [2.45, 2.75) is 49.9 Å². The van der Waals surface area contributed by atoms with Crippen molar-refractivity contribution in [2.24, 2.45) is 0 Å². The van der Waals surface area contributed by atoms with Crippen molar-refractivity contribution >= 4 is 50.7 Å². The zero-order chi connectivity index (χ0) is 46.1. The Hall–Kier alpha value is -5.46. The first-order chi connectivity index (χ1) is 29.6. The van der Waals surface area contributed by atoms with Crippen LogP contribution in [0.5, 0.6) is 5.75 Å². The predicted molar refractivity (Wildman–Crippen MR) is 216 cm³/mol. The van der Waals surface area contributed by atoms with Gasteiger partial charge >= 0.3 is 29.2 Å². The normalized spacial score (nSPS) is 15.8. The van der Waals surface area contributed by atoms with E-state index in [0.29, 0.717) is 60.7 Å². The number of aliphatic carboxylic acids is 2. The number of halogens is 7. The van der Waals surface area contributed by atoms with E-state index in [2.05, 4.69) is 20.2 Å². The molecular weight excluding hydrogens is 892 g/mol. The molecule has 6 N–H and O–H groups in total. The van der Waals surface area contributed by atoms with E-state index in [9.17, 15) is 50.5 Å². The molecule has 0 radical (unpaired) electrons. The Morgan fingerprint density at radius 1 is 0.937 bits per heavy atom. The molecule has 0 unspecified atom stereocenters. The number of carboxylic acids is 2. The van der Waals surface area contributed by atoms with Crippen LogP contribution in [-0.2, 0) is 27.3 Å². The van der Waals surface area contributed by atoms with Crippen LogP contribution in [0, 0.1) is 5.82 Å². The topological polar surface area (TPSA) is 206 Å². The van der Waals surface area contributed by atoms with Gasteiger partial charge in [0.15, 0.2) is 0 Å². The van der Waals surface area contributed by atoms with Crippen LogP contribution in [0.3, 0.4) is 0 Å². The number of hydrogen-bond acceptors (Lipinski definition) is 12. The van der Waals surface area contributed by atoms with Gasteiger partial charge in [0.1, 0.15) is 27.8 Å². The molecule has 0 aliphatic carbocycles. The first-order valence-corrected chi connectivity index (χ1v) is 20.6. The number of amides is 1. The van der Waals surface area contributed by atoms with Gasteiger partial charge in [-0.1, -0.05) is 53.8 Å². The Morgan fingerprint density at radius 2 is 1.57 bits per heavy atom. The molecule has 4 heterocycles. The lowest BCUT2D eigenvalue weighted by molar-refractivity contribution is -0.193. The summed E-state index contributed by atoms with van der Waals surface area (Å²) in [4.78, 5) is 54.1. The SMILES string of the molecule is O=C(O)C(F)(F)F.O=C(O)C(F)(F)F.O=C(c1csc(-c2ccccc2)n1)N1CCOC2(CCN(Cc3cc(F)cc(CCNC[C@H](O)c4ccc(O)c5[nH]c(=O)sc45)c3)CC2)C1. The number of phenolic OH excluding ortho intramolecular Hbond substituents is 1. The summed E-state index contributed by atoms with van der Waals surface area (Å²) in [5, 5.41) is 40.9. The van der Waals surface area contributed by atoms with Crippen molar-refractivity contribution in [3.8, 4) is 16.3 Å². The Balaban J connectivity index is 0.000000463. The summed E-state index contributed by atoms with van der Waals surface area (Å²) in [6, 6.07) is 18.1. The maximum Gasteiger partial charge on any atom is 0.490 e. The van der Waals surface area contributed by atoms with Crippen LogP contribution in [0.1, 0.15) is 46.1 Å². The number of aromatic amines is 1. The molecule has 1 atom stereocenters. The van der Waals surface area contributed by atoms with Crippen LogP contribution in [-0.4, -0.2) is 122 Å². The van der Waals surface area contributed by atoms with E-state index < -0.39 is 36.0 Å². The summed E-state index contributed by atoms with van der Waals surface area (Å²) < 4.78 is 85.0. The standard InChI is InChI=1S/C36H38FN5O5S2.2C2HF3O2/c37-26-17-23(8-11-38-19-30(44)27-6-7-29(43)31-32(27)49-35(46)40-31)16-24(18-26)20-41-12-9-36(10-13-41)22-42(14-15-47-36)34(45)28-21-48-33(39-28)25-4-2-1-3-5-25;2*3-2(4,5)1(6)7/h1-7,16-18,21,30,38,43-44H,8-15,19-20,22H2,(H,40,46);2*(H,6,7)/t30-;;/m0../s1. The minimum absolute atomic E-state index is 0.0331. The third-order valence-electron chi connectivity index (χ3n) is 9.83. The lowest BCUT2D eigenvalue weighted by atomic mass is 9.89. The third kappa shape index (κ3) is 13.5. The highest BCUT2D eigenvalue weighted by Gasteiger charge is 2.42. The predicted octanol–water partition coefficient (Wildman–Crippen LogP) is 6.20. The number of nitrogens with one attached hydrogen (secondary N) is 2. The number of hydrogen-bond donors (Lipinski definition) is 6. The van der Waals surface area contributed by atoms with Gasteiger partial charge in [0, 0.05) is 49.2 Å². The number of benzene rings is 3. The number of aromatic nitrogens is 2. The Bertz CT molecular complexity index is 2390. The number of piperidine rings is 1. The molecule has 340 valence electrons. The number of alkyl halides is 6. The van der Waals surface area contributed by atoms with Gasteiger partial charge < -0.3 is 40.4 Å². The highest BCUT2D eigenvalue weighted by atomic mass is 32.1. The zero-order valence-electron chi connectivity index (χ0n) is 32.8. The lowest BCUT2D eigenvalue weighted by Gasteiger charge is -2.47. The average molecular weight is 932 g/mol. The van der Waals surface area contributed by atoms with E-state index in [1.165, 1.54) is 17.4 Å². The third-order valence-corrected chi connectivity index (χ3v) is 11.7. The number of likely N-dealkylation sites (tertiary alicyclic amines) is 1. The van der Waals surface area contributed by atoms with Crippen molar-refractivity contribution in [2.75, 3.05) is 45.9 Å². The second kappa shape index (κ2) is 20.8. The van der Waals surface area contributed by atoms with Gasteiger partial charge in [0.05, 0.1) is 29.6 Å². The number of aromatic hydroxyl groups is 1. The maximum absolute atomic E-state index is 14.7. The van der Waals surface area contributed by atoms with Gasteiger partial charge in [0.25, 0.3) is 5.91 Å². The monoisotopic (exact) mass is 931 g/mol. The molecule has 3 aromatic carbocycles. The zero-order valence-corrected chi connectivity index (χ0v) is 34.5. The van der Waals surface area contributed by atoms with Crippen LogP contribution >= 0.6 is 22.7 Å². The van der Waals surface area contributed by atoms with Crippen LogP contribution in [0.4, 0.5) is 30.7 Å². The Morgan fingerprint density at radius 3 is 2.21 bits per heavy atom. The van der Waals surface area contributed by atoms with Gasteiger partial charge in [-0.05, 0) is 55.1 Å². The molecule has 2 saturated heterocycles. The minimum atomic E-state index is -5.08. The van der Waals surface area contributed by atoms with Crippen molar-refractivity contribution < 1.29 is 70.3 Å². The highest BCUT2D eigenvalue weighted by molar-refractivity contribution is 7.16. The highest BCUT2D eigenvalue weighted by Crippen LogP contribution is 2.33. The summed E-state index contributed by atoms with van der Waals surface area (Å²) in [7, 11) is 0. The van der Waals surface area contributed by atoms with Gasteiger partial charge in [-0.3, -0.25) is 14.5 Å². The summed E-state index contributed by atoms with van der Waals surface area (Å²) >= 11 is 2.43. The van der Waals surface area contributed by atoms with E-state index in [4.69, 9.17) is 24.5 Å². The van der Waals surface area contributed by atoms with Gasteiger partial charge in [-0.25, -0.2) is 19.0 Å². The molecular formula is C40H40F7N5O9S2. The summed E-state index contributed by atoms with van der Waals surface area (Å²) in [5.41, 5.74) is 3.74. The molecule has 2 fully saturated rings. The van der Waals surface area contributed by atoms with Crippen molar-refractivity contribution in [1.82, 2.24) is 25.1 Å². The molecule has 2 aliphatic heterocycles. The van der Waals surface area contributed by atoms with E-state index in [0.717, 1.165) is 59.0 Å². The number of ether oxygens (including phenoxy) is 1. The average Bonchev–Trinajstić information content (AvgIpc) is 3.88. The van der Waals surface area contributed by atoms with Gasteiger partial charge in [-0.15, -0.1) is 11.3 Å². The number of aliphatic hydroxyl groups excluding tert-OH is 1.